The zero-order chi connectivity index (χ0) is 11.0. The molecular weight excluding hydrogens is 190 g/mol. The van der Waals surface area contributed by atoms with Gasteiger partial charge < -0.3 is 10.8 Å². The average Bonchev–Trinajstić information content (AvgIpc) is 3.03. The largest absolute Gasteiger partial charge is 0.507 e. The lowest BCUT2D eigenvalue weighted by Crippen LogP contribution is -2.13. The lowest BCUT2D eigenvalue weighted by Gasteiger charge is -2.14. The fraction of sp³-hybridized carbons (Fsp3) is 0.417. The van der Waals surface area contributed by atoms with Crippen molar-refractivity contribution < 1.29 is 9.90 Å². The Labute approximate surface area is 88.9 Å². The van der Waals surface area contributed by atoms with Gasteiger partial charge in [0.05, 0.1) is 5.56 Å². The van der Waals surface area contributed by atoms with Crippen LogP contribution in [0.5, 0.6) is 5.75 Å². The number of hydrogen-bond donors (Lipinski definition) is 2. The van der Waals surface area contributed by atoms with E-state index in [1.54, 1.807) is 6.07 Å². The van der Waals surface area contributed by atoms with E-state index in [0.29, 0.717) is 23.3 Å². The van der Waals surface area contributed by atoms with E-state index in [9.17, 15) is 9.90 Å². The maximum absolute atomic E-state index is 10.7. The average molecular weight is 205 g/mol. The van der Waals surface area contributed by atoms with Crippen LogP contribution >= 0.6 is 0 Å². The molecule has 0 bridgehead atoms. The van der Waals surface area contributed by atoms with Crippen molar-refractivity contribution in [2.75, 3.05) is 0 Å². The molecule has 0 spiro atoms. The Kier molecular flexibility index (Phi) is 2.49. The highest BCUT2D eigenvalue weighted by atomic mass is 16.3. The summed E-state index contributed by atoms with van der Waals surface area (Å²) in [5.74, 6) is 0.521. The number of phenolic OH excluding ortho intramolecular Hbond substituents is 1. The lowest BCUT2D eigenvalue weighted by molar-refractivity contribution is 0.112. The van der Waals surface area contributed by atoms with Gasteiger partial charge in [-0.3, -0.25) is 4.79 Å². The molecule has 1 fully saturated rings. The lowest BCUT2D eigenvalue weighted by atomic mass is 9.97. The topological polar surface area (TPSA) is 63.3 Å². The number of aromatic hydroxyl groups is 1. The Morgan fingerprint density at radius 3 is 2.73 bits per heavy atom. The van der Waals surface area contributed by atoms with Crippen molar-refractivity contribution >= 4 is 6.29 Å². The number of hydrogen-bond acceptors (Lipinski definition) is 3. The highest BCUT2D eigenvalue weighted by molar-refractivity contribution is 5.80. The van der Waals surface area contributed by atoms with Crippen LogP contribution in [0.2, 0.25) is 0 Å². The van der Waals surface area contributed by atoms with Crippen LogP contribution in [0.15, 0.2) is 12.1 Å². The minimum atomic E-state index is -0.136. The molecule has 1 atom stereocenters. The monoisotopic (exact) mass is 205 g/mol. The maximum Gasteiger partial charge on any atom is 0.153 e. The van der Waals surface area contributed by atoms with E-state index in [1.165, 1.54) is 0 Å². The first-order valence-electron chi connectivity index (χ1n) is 5.17. The Morgan fingerprint density at radius 2 is 2.20 bits per heavy atom. The number of phenols is 1. The molecule has 0 saturated heterocycles. The molecule has 3 heteroatoms. The van der Waals surface area contributed by atoms with Gasteiger partial charge in [-0.15, -0.1) is 0 Å². The molecule has 1 aliphatic carbocycles. The molecule has 2 rings (SSSR count). The first kappa shape index (κ1) is 10.2. The van der Waals surface area contributed by atoms with Crippen LogP contribution in [0.4, 0.5) is 0 Å². The van der Waals surface area contributed by atoms with Crippen LogP contribution in [-0.2, 0) is 0 Å². The Morgan fingerprint density at radius 1 is 1.53 bits per heavy atom. The molecule has 80 valence electrons. The van der Waals surface area contributed by atoms with Gasteiger partial charge in [-0.25, -0.2) is 0 Å². The number of carbonyl (C=O) groups excluding carboxylic acids is 1. The van der Waals surface area contributed by atoms with E-state index in [0.717, 1.165) is 18.4 Å². The van der Waals surface area contributed by atoms with Crippen molar-refractivity contribution in [2.45, 2.75) is 25.8 Å². The van der Waals surface area contributed by atoms with Gasteiger partial charge in [0.1, 0.15) is 5.75 Å². The minimum absolute atomic E-state index is 0.0509. The van der Waals surface area contributed by atoms with Crippen LogP contribution in [-0.4, -0.2) is 11.4 Å². The SMILES string of the molecule is Cc1cc(C=O)c(O)c([C@H](N)C2CC2)c1. The van der Waals surface area contributed by atoms with Crippen molar-refractivity contribution in [3.8, 4) is 5.75 Å². The smallest absolute Gasteiger partial charge is 0.153 e. The van der Waals surface area contributed by atoms with Gasteiger partial charge in [0.2, 0.25) is 0 Å². The third kappa shape index (κ3) is 1.88. The third-order valence-corrected chi connectivity index (χ3v) is 2.93. The normalized spacial score (nSPS) is 17.5. The molecule has 3 nitrogen and oxygen atoms in total. The number of rotatable bonds is 3. The first-order chi connectivity index (χ1) is 7.13. The van der Waals surface area contributed by atoms with Gasteiger partial charge in [-0.2, -0.15) is 0 Å². The molecule has 0 unspecified atom stereocenters. The summed E-state index contributed by atoms with van der Waals surface area (Å²) >= 11 is 0. The highest BCUT2D eigenvalue weighted by Crippen LogP contribution is 2.42. The molecule has 0 aliphatic heterocycles. The van der Waals surface area contributed by atoms with Crippen LogP contribution < -0.4 is 5.73 Å². The van der Waals surface area contributed by atoms with Crippen LogP contribution in [0.1, 0.15) is 40.4 Å². The molecule has 1 saturated carbocycles. The van der Waals surface area contributed by atoms with Crippen LogP contribution in [0.25, 0.3) is 0 Å². The van der Waals surface area contributed by atoms with Crippen LogP contribution in [0, 0.1) is 12.8 Å². The van der Waals surface area contributed by atoms with Crippen molar-refractivity contribution in [1.82, 2.24) is 0 Å². The molecule has 1 aromatic carbocycles. The molecular formula is C12H15NO2. The summed E-state index contributed by atoms with van der Waals surface area (Å²) in [7, 11) is 0. The Bertz CT molecular complexity index is 397. The molecule has 1 aliphatic rings. The first-order valence-corrected chi connectivity index (χ1v) is 5.17. The molecule has 0 aromatic heterocycles. The fourth-order valence-electron chi connectivity index (χ4n) is 1.89. The predicted octanol–water partition coefficient (Wildman–Crippen LogP) is 1.92. The predicted molar refractivity (Wildman–Crippen MR) is 57.9 cm³/mol. The van der Waals surface area contributed by atoms with Gasteiger partial charge in [-0.05, 0) is 37.3 Å². The fourth-order valence-corrected chi connectivity index (χ4v) is 1.89. The molecule has 0 radical (unpaired) electrons. The van der Waals surface area contributed by atoms with Gasteiger partial charge >= 0.3 is 0 Å². The molecule has 0 heterocycles. The van der Waals surface area contributed by atoms with Crippen molar-refractivity contribution in [1.29, 1.82) is 0 Å². The van der Waals surface area contributed by atoms with E-state index in [1.807, 2.05) is 13.0 Å². The van der Waals surface area contributed by atoms with E-state index in [-0.39, 0.29) is 11.8 Å². The summed E-state index contributed by atoms with van der Waals surface area (Å²) in [6.07, 6.45) is 2.90. The van der Waals surface area contributed by atoms with Crippen molar-refractivity contribution in [2.24, 2.45) is 11.7 Å². The zero-order valence-electron chi connectivity index (χ0n) is 8.73. The summed E-state index contributed by atoms with van der Waals surface area (Å²) in [5, 5.41) is 9.85. The number of aldehydes is 1. The summed E-state index contributed by atoms with van der Waals surface area (Å²) in [4.78, 5) is 10.7. The second-order valence-electron chi connectivity index (χ2n) is 4.27. The number of benzene rings is 1. The van der Waals surface area contributed by atoms with Gasteiger partial charge in [0.15, 0.2) is 6.29 Å². The van der Waals surface area contributed by atoms with Crippen LogP contribution in [0.3, 0.4) is 0 Å². The third-order valence-electron chi connectivity index (χ3n) is 2.93. The number of nitrogens with two attached hydrogens (primary N) is 1. The Hall–Kier alpha value is -1.35. The van der Waals surface area contributed by atoms with Gasteiger partial charge in [0.25, 0.3) is 0 Å². The summed E-state index contributed by atoms with van der Waals surface area (Å²) < 4.78 is 0. The molecule has 3 N–H and O–H groups in total. The zero-order valence-corrected chi connectivity index (χ0v) is 8.73. The van der Waals surface area contributed by atoms with Gasteiger partial charge in [0, 0.05) is 11.6 Å². The number of carbonyl (C=O) groups is 1. The van der Waals surface area contributed by atoms with Crippen molar-refractivity contribution in [3.63, 3.8) is 0 Å². The highest BCUT2D eigenvalue weighted by Gasteiger charge is 2.31. The minimum Gasteiger partial charge on any atom is -0.507 e. The quantitative estimate of drug-likeness (QED) is 0.741. The standard InChI is InChI=1S/C12H15NO2/c1-7-4-9(6-14)12(15)10(5-7)11(13)8-2-3-8/h4-6,8,11,15H,2-3,13H2,1H3/t11-/m1/s1. The van der Waals surface area contributed by atoms with Gasteiger partial charge in [-0.1, -0.05) is 6.07 Å². The van der Waals surface area contributed by atoms with Crippen molar-refractivity contribution in [3.05, 3.63) is 28.8 Å². The summed E-state index contributed by atoms with van der Waals surface area (Å²) in [6, 6.07) is 3.40. The molecule has 1 aromatic rings. The molecule has 15 heavy (non-hydrogen) atoms. The van der Waals surface area contributed by atoms with E-state index < -0.39 is 0 Å². The summed E-state index contributed by atoms with van der Waals surface area (Å²) in [6.45, 7) is 1.90. The number of aryl methyl sites for hydroxylation is 1. The second-order valence-corrected chi connectivity index (χ2v) is 4.27. The second kappa shape index (κ2) is 3.66. The molecule has 0 amide bonds. The van der Waals surface area contributed by atoms with E-state index >= 15 is 0 Å². The Balaban J connectivity index is 2.44. The van der Waals surface area contributed by atoms with E-state index in [2.05, 4.69) is 0 Å². The summed E-state index contributed by atoms with van der Waals surface area (Å²) in [5.41, 5.74) is 8.02. The van der Waals surface area contributed by atoms with E-state index in [4.69, 9.17) is 5.73 Å². The maximum atomic E-state index is 10.7.